The normalized spacial score (nSPS) is 20.8. The van der Waals surface area contributed by atoms with Gasteiger partial charge in [-0.1, -0.05) is 24.6 Å². The summed E-state index contributed by atoms with van der Waals surface area (Å²) < 4.78 is 0. The van der Waals surface area contributed by atoms with Gasteiger partial charge in [0.05, 0.1) is 6.54 Å². The molecule has 0 saturated heterocycles. The van der Waals surface area contributed by atoms with Crippen LogP contribution >= 0.6 is 11.6 Å². The van der Waals surface area contributed by atoms with Crippen molar-refractivity contribution in [3.63, 3.8) is 0 Å². The van der Waals surface area contributed by atoms with Crippen LogP contribution in [0.3, 0.4) is 0 Å². The highest BCUT2D eigenvalue weighted by Crippen LogP contribution is 2.37. The molecule has 0 bridgehead atoms. The lowest BCUT2D eigenvalue weighted by molar-refractivity contribution is -0.125. The number of carbonyl (C=O) groups excluding carboxylic acids is 2. The number of halogens is 1. The fourth-order valence-corrected chi connectivity index (χ4v) is 2.10. The lowest BCUT2D eigenvalue weighted by Crippen LogP contribution is -2.34. The highest BCUT2D eigenvalue weighted by atomic mass is 35.5. The molecule has 2 atom stereocenters. The molecule has 0 unspecified atom stereocenters. The average molecular weight is 281 g/mol. The second kappa shape index (κ2) is 5.61. The molecule has 0 aliphatic heterocycles. The zero-order chi connectivity index (χ0) is 14.0. The summed E-state index contributed by atoms with van der Waals surface area (Å²) in [4.78, 5) is 23.3. The van der Waals surface area contributed by atoms with Crippen molar-refractivity contribution in [3.8, 4) is 0 Å². The molecule has 1 saturated carbocycles. The highest BCUT2D eigenvalue weighted by molar-refractivity contribution is 6.31. The number of rotatable bonds is 4. The molecule has 19 heavy (non-hydrogen) atoms. The summed E-state index contributed by atoms with van der Waals surface area (Å²) in [5.74, 6) is 0.247. The van der Waals surface area contributed by atoms with E-state index in [0.29, 0.717) is 16.6 Å². The van der Waals surface area contributed by atoms with Crippen molar-refractivity contribution in [1.82, 2.24) is 5.32 Å². The molecule has 1 fully saturated rings. The molecule has 0 aromatic heterocycles. The first-order chi connectivity index (χ1) is 8.99. The Morgan fingerprint density at radius 3 is 2.74 bits per heavy atom. The summed E-state index contributed by atoms with van der Waals surface area (Å²) in [5, 5.41) is 5.99. The lowest BCUT2D eigenvalue weighted by atomic mass is 10.2. The SMILES string of the molecule is Cc1c(Cl)cccc1NC(=O)CNC(=O)[C@H]1C[C@H]1C. The molecule has 2 N–H and O–H groups in total. The van der Waals surface area contributed by atoms with Gasteiger partial charge in [-0.05, 0) is 37.0 Å². The van der Waals surface area contributed by atoms with Gasteiger partial charge >= 0.3 is 0 Å². The van der Waals surface area contributed by atoms with Crippen LogP contribution < -0.4 is 10.6 Å². The summed E-state index contributed by atoms with van der Waals surface area (Å²) in [6.07, 6.45) is 0.918. The maximum absolute atomic E-state index is 11.7. The van der Waals surface area contributed by atoms with Gasteiger partial charge in [-0.25, -0.2) is 0 Å². The molecule has 1 aliphatic rings. The summed E-state index contributed by atoms with van der Waals surface area (Å²) >= 11 is 5.97. The van der Waals surface area contributed by atoms with E-state index < -0.39 is 0 Å². The van der Waals surface area contributed by atoms with Gasteiger partial charge in [0.25, 0.3) is 0 Å². The Labute approximate surface area is 117 Å². The minimum atomic E-state index is -0.244. The Balaban J connectivity index is 1.84. The summed E-state index contributed by atoms with van der Waals surface area (Å²) in [5.41, 5.74) is 1.49. The maximum atomic E-state index is 11.7. The number of hydrogen-bond acceptors (Lipinski definition) is 2. The predicted octanol–water partition coefficient (Wildman–Crippen LogP) is 2.36. The molecule has 1 aromatic rings. The molecular weight excluding hydrogens is 264 g/mol. The van der Waals surface area contributed by atoms with Crippen LogP contribution in [0.25, 0.3) is 0 Å². The molecule has 0 heterocycles. The quantitative estimate of drug-likeness (QED) is 0.889. The second-order valence-electron chi connectivity index (χ2n) is 5.00. The first kappa shape index (κ1) is 13.9. The van der Waals surface area contributed by atoms with Gasteiger partial charge in [0.1, 0.15) is 0 Å². The second-order valence-corrected chi connectivity index (χ2v) is 5.41. The molecule has 1 aromatic carbocycles. The molecule has 102 valence electrons. The van der Waals surface area contributed by atoms with E-state index in [0.717, 1.165) is 12.0 Å². The summed E-state index contributed by atoms with van der Waals surface area (Å²) in [7, 11) is 0. The zero-order valence-electron chi connectivity index (χ0n) is 11.0. The number of nitrogens with one attached hydrogen (secondary N) is 2. The Kier molecular flexibility index (Phi) is 4.10. The van der Waals surface area contributed by atoms with Gasteiger partial charge < -0.3 is 10.6 Å². The average Bonchev–Trinajstić information content (AvgIpc) is 3.09. The number of amides is 2. The van der Waals surface area contributed by atoms with Crippen LogP contribution in [0.15, 0.2) is 18.2 Å². The van der Waals surface area contributed by atoms with E-state index in [2.05, 4.69) is 10.6 Å². The standard InChI is InChI=1S/C14H17ClN2O2/c1-8-6-10(8)14(19)16-7-13(18)17-12-5-3-4-11(15)9(12)2/h3-5,8,10H,6-7H2,1-2H3,(H,16,19)(H,17,18)/t8-,10+/m1/s1. The Bertz CT molecular complexity index is 516. The van der Waals surface area contributed by atoms with Gasteiger partial charge in [-0.2, -0.15) is 0 Å². The van der Waals surface area contributed by atoms with Crippen molar-refractivity contribution in [3.05, 3.63) is 28.8 Å². The van der Waals surface area contributed by atoms with E-state index >= 15 is 0 Å². The molecule has 0 spiro atoms. The topological polar surface area (TPSA) is 58.2 Å². The highest BCUT2D eigenvalue weighted by Gasteiger charge is 2.38. The van der Waals surface area contributed by atoms with Crippen molar-refractivity contribution in [2.24, 2.45) is 11.8 Å². The molecule has 0 radical (unpaired) electrons. The fraction of sp³-hybridized carbons (Fsp3) is 0.429. The van der Waals surface area contributed by atoms with Gasteiger partial charge in [0.15, 0.2) is 0 Å². The van der Waals surface area contributed by atoms with Crippen molar-refractivity contribution >= 4 is 29.1 Å². The van der Waals surface area contributed by atoms with E-state index in [1.165, 1.54) is 0 Å². The third-order valence-electron chi connectivity index (χ3n) is 3.41. The van der Waals surface area contributed by atoms with Crippen molar-refractivity contribution in [2.75, 3.05) is 11.9 Å². The lowest BCUT2D eigenvalue weighted by Gasteiger charge is -2.10. The van der Waals surface area contributed by atoms with E-state index in [-0.39, 0.29) is 24.3 Å². The van der Waals surface area contributed by atoms with Gasteiger partial charge in [-0.15, -0.1) is 0 Å². The smallest absolute Gasteiger partial charge is 0.243 e. The van der Waals surface area contributed by atoms with Crippen molar-refractivity contribution in [1.29, 1.82) is 0 Å². The van der Waals surface area contributed by atoms with Crippen molar-refractivity contribution < 1.29 is 9.59 Å². The van der Waals surface area contributed by atoms with E-state index in [1.54, 1.807) is 18.2 Å². The minimum absolute atomic E-state index is 0.00595. The van der Waals surface area contributed by atoms with Gasteiger partial charge in [-0.3, -0.25) is 9.59 Å². The molecule has 1 aliphatic carbocycles. The molecule has 2 rings (SSSR count). The fourth-order valence-electron chi connectivity index (χ4n) is 1.92. The maximum Gasteiger partial charge on any atom is 0.243 e. The van der Waals surface area contributed by atoms with Crippen molar-refractivity contribution in [2.45, 2.75) is 20.3 Å². The van der Waals surface area contributed by atoms with Crippen LogP contribution in [0.5, 0.6) is 0 Å². The van der Waals surface area contributed by atoms with Crippen LogP contribution in [0, 0.1) is 18.8 Å². The van der Waals surface area contributed by atoms with Gasteiger partial charge in [0, 0.05) is 16.6 Å². The molecule has 4 nitrogen and oxygen atoms in total. The number of benzene rings is 1. The van der Waals surface area contributed by atoms with Gasteiger partial charge in [0.2, 0.25) is 11.8 Å². The van der Waals surface area contributed by atoms with Crippen LogP contribution in [0.2, 0.25) is 5.02 Å². The molecular formula is C14H17ClN2O2. The molecule has 2 amide bonds. The number of carbonyl (C=O) groups is 2. The Morgan fingerprint density at radius 2 is 2.11 bits per heavy atom. The number of hydrogen-bond donors (Lipinski definition) is 2. The van der Waals surface area contributed by atoms with Crippen LogP contribution in [0.1, 0.15) is 18.9 Å². The first-order valence-corrected chi connectivity index (χ1v) is 6.69. The third kappa shape index (κ3) is 3.47. The van der Waals surface area contributed by atoms with E-state index in [1.807, 2.05) is 13.8 Å². The Hall–Kier alpha value is -1.55. The van der Waals surface area contributed by atoms with Crippen LogP contribution in [0.4, 0.5) is 5.69 Å². The third-order valence-corrected chi connectivity index (χ3v) is 3.82. The Morgan fingerprint density at radius 1 is 1.42 bits per heavy atom. The predicted molar refractivity (Wildman–Crippen MR) is 75.1 cm³/mol. The number of anilines is 1. The zero-order valence-corrected chi connectivity index (χ0v) is 11.8. The summed E-state index contributed by atoms with van der Waals surface area (Å²) in [6.45, 7) is 3.86. The monoisotopic (exact) mass is 280 g/mol. The molecule has 5 heteroatoms. The van der Waals surface area contributed by atoms with Crippen LogP contribution in [-0.2, 0) is 9.59 Å². The van der Waals surface area contributed by atoms with E-state index in [4.69, 9.17) is 11.6 Å². The summed E-state index contributed by atoms with van der Waals surface area (Å²) in [6, 6.07) is 5.32. The largest absolute Gasteiger partial charge is 0.347 e. The minimum Gasteiger partial charge on any atom is -0.347 e. The van der Waals surface area contributed by atoms with E-state index in [9.17, 15) is 9.59 Å². The first-order valence-electron chi connectivity index (χ1n) is 6.31. The van der Waals surface area contributed by atoms with Crippen LogP contribution in [-0.4, -0.2) is 18.4 Å².